The van der Waals surface area contributed by atoms with Crippen molar-refractivity contribution in [2.24, 2.45) is 23.7 Å². The number of nitrogen functional groups attached to an aromatic ring is 1. The lowest BCUT2D eigenvalue weighted by atomic mass is 9.51. The van der Waals surface area contributed by atoms with Crippen molar-refractivity contribution in [2.75, 3.05) is 5.73 Å². The van der Waals surface area contributed by atoms with Gasteiger partial charge in [0.1, 0.15) is 11.6 Å². The molecule has 0 aromatic carbocycles. The highest BCUT2D eigenvalue weighted by molar-refractivity contribution is 5.42. The van der Waals surface area contributed by atoms with Crippen molar-refractivity contribution in [3.63, 3.8) is 0 Å². The molecule has 4 aliphatic carbocycles. The van der Waals surface area contributed by atoms with Crippen LogP contribution in [0.1, 0.15) is 49.5 Å². The summed E-state index contributed by atoms with van der Waals surface area (Å²) in [4.78, 5) is 4.82. The zero-order valence-electron chi connectivity index (χ0n) is 12.2. The van der Waals surface area contributed by atoms with Gasteiger partial charge in [0, 0.05) is 5.92 Å². The van der Waals surface area contributed by atoms with Crippen molar-refractivity contribution in [1.29, 1.82) is 0 Å². The fourth-order valence-corrected chi connectivity index (χ4v) is 5.51. The smallest absolute Gasteiger partial charge is 0.127 e. The monoisotopic (exact) mass is 269 g/mol. The van der Waals surface area contributed by atoms with Crippen LogP contribution in [0.4, 0.5) is 5.82 Å². The molecule has 1 aromatic heterocycles. The summed E-state index contributed by atoms with van der Waals surface area (Å²) in [7, 11) is 0. The molecule has 4 fully saturated rings. The van der Waals surface area contributed by atoms with Crippen LogP contribution >= 0.6 is 0 Å². The number of imidazole rings is 1. The summed E-state index contributed by atoms with van der Waals surface area (Å²) < 4.78 is 2.00. The lowest BCUT2D eigenvalue weighted by Gasteiger charge is -2.54. The van der Waals surface area contributed by atoms with Crippen LogP contribution in [0.25, 0.3) is 0 Å². The molecule has 0 saturated heterocycles. The Hall–Kier alpha value is -1.43. The predicted molar refractivity (Wildman–Crippen MR) is 80.0 cm³/mol. The van der Waals surface area contributed by atoms with Gasteiger partial charge in [0.25, 0.3) is 0 Å². The number of terminal acetylenes is 1. The van der Waals surface area contributed by atoms with Gasteiger partial charge >= 0.3 is 0 Å². The average molecular weight is 269 g/mol. The van der Waals surface area contributed by atoms with E-state index in [9.17, 15) is 0 Å². The molecular formula is C17H23N3. The highest BCUT2D eigenvalue weighted by Crippen LogP contribution is 2.60. The highest BCUT2D eigenvalue weighted by Gasteiger charge is 2.50. The highest BCUT2D eigenvalue weighted by atomic mass is 15.1. The van der Waals surface area contributed by atoms with Gasteiger partial charge in [-0.1, -0.05) is 5.92 Å². The number of rotatable bonds is 2. The normalized spacial score (nSPS) is 38.1. The molecule has 0 aliphatic heterocycles. The molecule has 4 bridgehead atoms. The van der Waals surface area contributed by atoms with Crippen LogP contribution in [-0.2, 0) is 6.54 Å². The maximum absolute atomic E-state index is 6.38. The first kappa shape index (κ1) is 12.3. The Morgan fingerprint density at radius 3 is 2.35 bits per heavy atom. The van der Waals surface area contributed by atoms with E-state index in [1.165, 1.54) is 32.1 Å². The third-order valence-corrected chi connectivity index (χ3v) is 6.02. The third-order valence-electron chi connectivity index (χ3n) is 6.02. The Bertz CT molecular complexity index is 550. The van der Waals surface area contributed by atoms with Gasteiger partial charge in [0.15, 0.2) is 0 Å². The minimum absolute atomic E-state index is 0.540. The van der Waals surface area contributed by atoms with Crippen LogP contribution in [0, 0.1) is 42.9 Å². The van der Waals surface area contributed by atoms with E-state index in [4.69, 9.17) is 17.1 Å². The molecule has 0 radical (unpaired) electrons. The second-order valence-electron chi connectivity index (χ2n) is 7.18. The SMILES string of the molecule is C#CCn1c(C)nc(C2C3CC4CC(C3)CC2C4)c1N. The van der Waals surface area contributed by atoms with Gasteiger partial charge in [-0.3, -0.25) is 0 Å². The Labute approximate surface area is 121 Å². The number of aryl methyl sites for hydroxylation is 1. The van der Waals surface area contributed by atoms with E-state index >= 15 is 0 Å². The van der Waals surface area contributed by atoms with Crippen LogP contribution < -0.4 is 5.73 Å². The molecule has 5 rings (SSSR count). The second kappa shape index (κ2) is 4.28. The van der Waals surface area contributed by atoms with Crippen LogP contribution in [0.5, 0.6) is 0 Å². The number of nitrogens with zero attached hydrogens (tertiary/aromatic N) is 2. The summed E-state index contributed by atoms with van der Waals surface area (Å²) in [5.41, 5.74) is 7.53. The largest absolute Gasteiger partial charge is 0.384 e. The Morgan fingerprint density at radius 2 is 1.80 bits per heavy atom. The van der Waals surface area contributed by atoms with Gasteiger partial charge in [-0.25, -0.2) is 4.98 Å². The van der Waals surface area contributed by atoms with Crippen molar-refractivity contribution in [2.45, 2.75) is 51.5 Å². The quantitative estimate of drug-likeness (QED) is 0.839. The Balaban J connectivity index is 1.71. The molecule has 0 unspecified atom stereocenters. The molecule has 1 heterocycles. The predicted octanol–water partition coefficient (Wildman–Crippen LogP) is 2.95. The van der Waals surface area contributed by atoms with E-state index in [0.717, 1.165) is 41.0 Å². The van der Waals surface area contributed by atoms with E-state index in [0.29, 0.717) is 12.5 Å². The van der Waals surface area contributed by atoms with Gasteiger partial charge in [-0.2, -0.15) is 0 Å². The number of hydrogen-bond acceptors (Lipinski definition) is 2. The van der Waals surface area contributed by atoms with Crippen LogP contribution in [0.2, 0.25) is 0 Å². The van der Waals surface area contributed by atoms with Gasteiger partial charge in [0.2, 0.25) is 0 Å². The van der Waals surface area contributed by atoms with E-state index in [1.54, 1.807) is 0 Å². The first-order valence-electron chi connectivity index (χ1n) is 7.93. The van der Waals surface area contributed by atoms with Crippen molar-refractivity contribution >= 4 is 5.82 Å². The van der Waals surface area contributed by atoms with Crippen molar-refractivity contribution in [3.05, 3.63) is 11.5 Å². The van der Waals surface area contributed by atoms with Gasteiger partial charge in [-0.15, -0.1) is 6.42 Å². The number of anilines is 1. The zero-order chi connectivity index (χ0) is 13.9. The summed E-state index contributed by atoms with van der Waals surface area (Å²) in [6, 6.07) is 0. The van der Waals surface area contributed by atoms with Crippen LogP contribution in [-0.4, -0.2) is 9.55 Å². The second-order valence-corrected chi connectivity index (χ2v) is 7.18. The van der Waals surface area contributed by atoms with Gasteiger partial charge in [0.05, 0.1) is 12.2 Å². The van der Waals surface area contributed by atoms with E-state index < -0.39 is 0 Å². The number of hydrogen-bond donors (Lipinski definition) is 1. The van der Waals surface area contributed by atoms with E-state index in [2.05, 4.69) is 5.92 Å². The number of nitrogens with two attached hydrogens (primary N) is 1. The molecule has 0 spiro atoms. The van der Waals surface area contributed by atoms with Gasteiger partial charge in [-0.05, 0) is 62.7 Å². The Kier molecular flexibility index (Phi) is 2.64. The summed E-state index contributed by atoms with van der Waals surface area (Å²) in [5, 5.41) is 0. The fourth-order valence-electron chi connectivity index (χ4n) is 5.51. The minimum Gasteiger partial charge on any atom is -0.384 e. The first-order chi connectivity index (χ1) is 9.67. The topological polar surface area (TPSA) is 43.8 Å². The molecule has 20 heavy (non-hydrogen) atoms. The molecular weight excluding hydrogens is 246 g/mol. The third kappa shape index (κ3) is 1.63. The average Bonchev–Trinajstić information content (AvgIpc) is 2.66. The van der Waals surface area contributed by atoms with Crippen LogP contribution in [0.3, 0.4) is 0 Å². The summed E-state index contributed by atoms with van der Waals surface area (Å²) >= 11 is 0. The van der Waals surface area contributed by atoms with Crippen LogP contribution in [0.15, 0.2) is 0 Å². The Morgan fingerprint density at radius 1 is 1.20 bits per heavy atom. The molecule has 106 valence electrons. The summed E-state index contributed by atoms with van der Waals surface area (Å²) in [6.45, 7) is 2.56. The summed E-state index contributed by atoms with van der Waals surface area (Å²) in [5.74, 6) is 8.72. The van der Waals surface area contributed by atoms with Crippen molar-refractivity contribution in [3.8, 4) is 12.3 Å². The maximum atomic E-state index is 6.38. The number of aromatic nitrogens is 2. The molecule has 0 amide bonds. The summed E-state index contributed by atoms with van der Waals surface area (Å²) in [6.07, 6.45) is 12.5. The first-order valence-corrected chi connectivity index (χ1v) is 7.93. The van der Waals surface area contributed by atoms with Crippen molar-refractivity contribution in [1.82, 2.24) is 9.55 Å². The van der Waals surface area contributed by atoms with E-state index in [-0.39, 0.29) is 0 Å². The van der Waals surface area contributed by atoms with E-state index in [1.807, 2.05) is 11.5 Å². The molecule has 4 aliphatic rings. The molecule has 3 nitrogen and oxygen atoms in total. The van der Waals surface area contributed by atoms with Gasteiger partial charge < -0.3 is 10.3 Å². The molecule has 0 atom stereocenters. The molecule has 3 heteroatoms. The minimum atomic E-state index is 0.540. The molecule has 4 saturated carbocycles. The molecule has 2 N–H and O–H groups in total. The zero-order valence-corrected chi connectivity index (χ0v) is 12.2. The maximum Gasteiger partial charge on any atom is 0.127 e. The lowest BCUT2D eigenvalue weighted by molar-refractivity contribution is -0.00381. The standard InChI is InChI=1S/C17H23N3/c1-3-4-20-10(2)19-16(17(20)18)15-13-6-11-5-12(8-13)9-14(15)7-11/h1,11-15H,4-9,18H2,2H3. The molecule has 1 aromatic rings. The lowest BCUT2D eigenvalue weighted by Crippen LogP contribution is -2.44. The van der Waals surface area contributed by atoms with Crippen molar-refractivity contribution < 1.29 is 0 Å². The fraction of sp³-hybridized carbons (Fsp3) is 0.706.